The lowest BCUT2D eigenvalue weighted by molar-refractivity contribution is 1.42. The van der Waals surface area contributed by atoms with E-state index >= 15 is 0 Å². The van der Waals surface area contributed by atoms with Crippen LogP contribution >= 0.6 is 11.3 Å². The molecule has 0 unspecified atom stereocenters. The normalized spacial score (nSPS) is 11.3. The van der Waals surface area contributed by atoms with Gasteiger partial charge in [-0.2, -0.15) is 0 Å². The minimum atomic E-state index is 1.30. The highest BCUT2D eigenvalue weighted by molar-refractivity contribution is 7.19. The number of benzene rings is 7. The van der Waals surface area contributed by atoms with Crippen molar-refractivity contribution in [2.75, 3.05) is 0 Å². The van der Waals surface area contributed by atoms with Crippen molar-refractivity contribution in [3.05, 3.63) is 149 Å². The smallest absolute Gasteiger partial charge is 0.0358 e. The lowest BCUT2D eigenvalue weighted by atomic mass is 9.92. The highest BCUT2D eigenvalue weighted by atomic mass is 32.1. The van der Waals surface area contributed by atoms with E-state index < -0.39 is 0 Å². The van der Waals surface area contributed by atoms with Gasteiger partial charge in [0.15, 0.2) is 0 Å². The van der Waals surface area contributed by atoms with Crippen molar-refractivity contribution < 1.29 is 0 Å². The third kappa shape index (κ3) is 5.43. The Morgan fingerprint density at radius 2 is 1.20 bits per heavy atom. The predicted molar refractivity (Wildman–Crippen MR) is 204 cm³/mol. The molecule has 0 saturated carbocycles. The summed E-state index contributed by atoms with van der Waals surface area (Å²) in [5, 5.41) is 12.2. The Kier molecular flexibility index (Phi) is 8.57. The van der Waals surface area contributed by atoms with Gasteiger partial charge < -0.3 is 0 Å². The van der Waals surface area contributed by atoms with Crippen molar-refractivity contribution in [3.63, 3.8) is 0 Å². The van der Waals surface area contributed by atoms with Crippen LogP contribution in [0.1, 0.15) is 41.0 Å². The van der Waals surface area contributed by atoms with E-state index in [-0.39, 0.29) is 0 Å². The molecule has 45 heavy (non-hydrogen) atoms. The molecule has 0 aliphatic rings. The van der Waals surface area contributed by atoms with Crippen molar-refractivity contribution in [2.24, 2.45) is 0 Å². The van der Waals surface area contributed by atoms with Gasteiger partial charge in [-0.15, -0.1) is 11.3 Å². The van der Waals surface area contributed by atoms with Crippen molar-refractivity contribution in [1.29, 1.82) is 0 Å². The van der Waals surface area contributed by atoms with Crippen LogP contribution in [0.25, 0.3) is 70.4 Å². The van der Waals surface area contributed by atoms with E-state index in [1.165, 1.54) is 91.4 Å². The molecule has 0 spiro atoms. The molecular weight excluding hydrogens is 561 g/mol. The summed E-state index contributed by atoms with van der Waals surface area (Å²) in [5.74, 6) is 0. The summed E-state index contributed by atoms with van der Waals surface area (Å²) in [6.07, 6.45) is 6.06. The Morgan fingerprint density at radius 1 is 0.533 bits per heavy atom. The van der Waals surface area contributed by atoms with Gasteiger partial charge in [0.25, 0.3) is 0 Å². The Hall–Kier alpha value is -4.72. The van der Waals surface area contributed by atoms with Gasteiger partial charge in [-0.1, -0.05) is 130 Å². The fourth-order valence-corrected chi connectivity index (χ4v) is 7.77. The Balaban J connectivity index is 0.000000162. The molecule has 0 fully saturated rings. The van der Waals surface area contributed by atoms with Crippen LogP contribution in [0.2, 0.25) is 0 Å². The van der Waals surface area contributed by atoms with Gasteiger partial charge >= 0.3 is 0 Å². The van der Waals surface area contributed by atoms with Crippen molar-refractivity contribution >= 4 is 70.6 Å². The van der Waals surface area contributed by atoms with Gasteiger partial charge in [0.05, 0.1) is 0 Å². The maximum atomic E-state index is 3.82. The molecule has 1 aromatic heterocycles. The molecule has 0 bridgehead atoms. The SMILES string of the molecule is C=C/C=C\c1c(C)sc2ccc3cc(C)c(-c4ccccc4C)cc3c12.CC.Cc1cc2cccc3ccc4cccc1c4c32. The second-order valence-corrected chi connectivity index (χ2v) is 12.8. The summed E-state index contributed by atoms with van der Waals surface area (Å²) in [5.41, 5.74) is 7.96. The van der Waals surface area contributed by atoms with Gasteiger partial charge in [0, 0.05) is 15.0 Å². The van der Waals surface area contributed by atoms with Crippen LogP contribution in [0.3, 0.4) is 0 Å². The highest BCUT2D eigenvalue weighted by Gasteiger charge is 2.14. The maximum absolute atomic E-state index is 3.82. The van der Waals surface area contributed by atoms with Crippen molar-refractivity contribution in [2.45, 2.75) is 41.5 Å². The summed E-state index contributed by atoms with van der Waals surface area (Å²) in [7, 11) is 0. The zero-order chi connectivity index (χ0) is 31.7. The number of thiophene rings is 1. The van der Waals surface area contributed by atoms with Crippen LogP contribution < -0.4 is 0 Å². The molecule has 0 radical (unpaired) electrons. The van der Waals surface area contributed by atoms with Gasteiger partial charge in [0.2, 0.25) is 0 Å². The molecule has 8 rings (SSSR count). The summed E-state index contributed by atoms with van der Waals surface area (Å²) in [4.78, 5) is 1.35. The minimum absolute atomic E-state index is 1.30. The molecule has 8 aromatic rings. The molecule has 1 heteroatoms. The van der Waals surface area contributed by atoms with Crippen molar-refractivity contribution in [3.8, 4) is 11.1 Å². The highest BCUT2D eigenvalue weighted by Crippen LogP contribution is 2.40. The quantitative estimate of drug-likeness (QED) is 0.140. The van der Waals surface area contributed by atoms with Crippen LogP contribution in [0.15, 0.2) is 122 Å². The maximum Gasteiger partial charge on any atom is 0.0358 e. The topological polar surface area (TPSA) is 0 Å². The third-order valence-electron chi connectivity index (χ3n) is 8.79. The summed E-state index contributed by atoms with van der Waals surface area (Å²) >= 11 is 1.87. The second-order valence-electron chi connectivity index (χ2n) is 11.6. The zero-order valence-corrected chi connectivity index (χ0v) is 28.0. The van der Waals surface area contributed by atoms with Crippen LogP contribution in [-0.2, 0) is 0 Å². The van der Waals surface area contributed by atoms with Crippen LogP contribution in [-0.4, -0.2) is 0 Å². The lowest BCUT2D eigenvalue weighted by Crippen LogP contribution is -1.88. The molecule has 1 heterocycles. The second kappa shape index (κ2) is 12.7. The van der Waals surface area contributed by atoms with Crippen LogP contribution in [0.5, 0.6) is 0 Å². The fraction of sp³-hybridized carbons (Fsp3) is 0.136. The third-order valence-corrected chi connectivity index (χ3v) is 9.87. The number of fused-ring (bicyclic) bond motifs is 3. The lowest BCUT2D eigenvalue weighted by Gasteiger charge is -2.12. The first-order chi connectivity index (χ1) is 21.9. The van der Waals surface area contributed by atoms with E-state index in [1.54, 1.807) is 0 Å². The summed E-state index contributed by atoms with van der Waals surface area (Å²) in [6.45, 7) is 16.6. The van der Waals surface area contributed by atoms with E-state index in [0.29, 0.717) is 0 Å². The number of allylic oxidation sites excluding steroid dienone is 2. The Bertz CT molecular complexity index is 2340. The summed E-state index contributed by atoms with van der Waals surface area (Å²) < 4.78 is 1.35. The monoisotopic (exact) mass is 600 g/mol. The van der Waals surface area contributed by atoms with Crippen LogP contribution in [0, 0.1) is 27.7 Å². The van der Waals surface area contributed by atoms with Crippen molar-refractivity contribution in [1.82, 2.24) is 0 Å². The first-order valence-corrected chi connectivity index (χ1v) is 16.7. The number of hydrogen-bond acceptors (Lipinski definition) is 1. The Morgan fingerprint density at radius 3 is 1.96 bits per heavy atom. The standard InChI is InChI=1S/C25H22S.C17H12.C2H6/c1-5-6-10-21-18(4)26-24-13-12-19-14-17(3)22(15-23(19)25(21)24)20-11-8-7-9-16(20)2;1-11-10-14-6-2-4-12-8-9-13-5-3-7-15(11)17(13)16(12)14;1-2/h5-15H,1H2,2-4H3;2-10H,1H3;1-2H3/b10-6-;;. The Labute approximate surface area is 271 Å². The molecule has 0 N–H and O–H groups in total. The molecule has 0 nitrogen and oxygen atoms in total. The molecular formula is C44H40S. The summed E-state index contributed by atoms with van der Waals surface area (Å²) in [6, 6.07) is 37.7. The molecule has 0 atom stereocenters. The van der Waals surface area contributed by atoms with E-state index in [1.807, 2.05) is 37.3 Å². The zero-order valence-electron chi connectivity index (χ0n) is 27.2. The van der Waals surface area contributed by atoms with E-state index in [2.05, 4.69) is 143 Å². The number of rotatable bonds is 3. The van der Waals surface area contributed by atoms with E-state index in [4.69, 9.17) is 0 Å². The van der Waals surface area contributed by atoms with Gasteiger partial charge in [-0.3, -0.25) is 0 Å². The predicted octanol–water partition coefficient (Wildman–Crippen LogP) is 13.8. The molecule has 222 valence electrons. The first kappa shape index (κ1) is 30.3. The molecule has 7 aromatic carbocycles. The molecule has 0 aliphatic carbocycles. The number of aryl methyl sites for hydroxylation is 4. The molecule has 0 aliphatic heterocycles. The van der Waals surface area contributed by atoms with E-state index in [9.17, 15) is 0 Å². The number of hydrogen-bond donors (Lipinski definition) is 0. The first-order valence-electron chi connectivity index (χ1n) is 15.9. The fourth-order valence-electron chi connectivity index (χ4n) is 6.70. The average Bonchev–Trinajstić information content (AvgIpc) is 3.39. The molecule has 0 amide bonds. The largest absolute Gasteiger partial charge is 0.140 e. The average molecular weight is 601 g/mol. The van der Waals surface area contributed by atoms with E-state index in [0.717, 1.165) is 0 Å². The van der Waals surface area contributed by atoms with Gasteiger partial charge in [0.1, 0.15) is 0 Å². The van der Waals surface area contributed by atoms with Gasteiger partial charge in [-0.05, 0) is 116 Å². The molecule has 0 saturated heterocycles. The van der Waals surface area contributed by atoms with Crippen LogP contribution in [0.4, 0.5) is 0 Å². The minimum Gasteiger partial charge on any atom is -0.140 e. The van der Waals surface area contributed by atoms with Gasteiger partial charge in [-0.25, -0.2) is 0 Å².